The van der Waals surface area contributed by atoms with Gasteiger partial charge in [-0.15, -0.1) is 11.3 Å². The number of aliphatic imine (C=N–C) groups is 1. The molecule has 0 fully saturated rings. The van der Waals surface area contributed by atoms with E-state index < -0.39 is 0 Å². The van der Waals surface area contributed by atoms with Crippen molar-refractivity contribution >= 4 is 29.3 Å². The molecule has 0 bridgehead atoms. The third-order valence-electron chi connectivity index (χ3n) is 2.43. The van der Waals surface area contributed by atoms with Crippen molar-refractivity contribution in [2.75, 3.05) is 21.2 Å². The van der Waals surface area contributed by atoms with Crippen LogP contribution in [0.2, 0.25) is 0 Å². The summed E-state index contributed by atoms with van der Waals surface area (Å²) < 4.78 is 4.80. The molecule has 2 aromatic rings. The van der Waals surface area contributed by atoms with Crippen molar-refractivity contribution < 1.29 is 9.53 Å². The summed E-state index contributed by atoms with van der Waals surface area (Å²) in [7, 11) is 5.10. The maximum atomic E-state index is 11.8. The van der Waals surface area contributed by atoms with Gasteiger partial charge in [0, 0.05) is 20.3 Å². The van der Waals surface area contributed by atoms with Crippen molar-refractivity contribution in [1.29, 1.82) is 0 Å². The summed E-state index contributed by atoms with van der Waals surface area (Å²) in [6, 6.07) is 7.50. The van der Waals surface area contributed by atoms with E-state index in [0.717, 1.165) is 10.6 Å². The highest BCUT2D eigenvalue weighted by molar-refractivity contribution is 7.17. The van der Waals surface area contributed by atoms with Crippen LogP contribution in [0.3, 0.4) is 0 Å². The summed E-state index contributed by atoms with van der Waals surface area (Å²) >= 11 is 1.33. The SMILES string of the molecule is COC(=O)c1sc(-c2ccccn2)cc1N=CN(C)C. The molecule has 0 saturated carbocycles. The molecule has 0 radical (unpaired) electrons. The third-order valence-corrected chi connectivity index (χ3v) is 3.56. The Bertz CT molecular complexity index is 621. The van der Waals surface area contributed by atoms with Crippen LogP contribution in [0.5, 0.6) is 0 Å². The molecule has 0 saturated heterocycles. The first-order chi connectivity index (χ1) is 9.61. The van der Waals surface area contributed by atoms with Gasteiger partial charge in [-0.25, -0.2) is 9.79 Å². The van der Waals surface area contributed by atoms with Crippen LogP contribution >= 0.6 is 11.3 Å². The average Bonchev–Trinajstić information content (AvgIpc) is 2.89. The first-order valence-corrected chi connectivity index (χ1v) is 6.77. The van der Waals surface area contributed by atoms with Gasteiger partial charge in [-0.2, -0.15) is 0 Å². The molecular weight excluding hydrogens is 274 g/mol. The Kier molecular flexibility index (Phi) is 4.47. The Morgan fingerprint density at radius 1 is 1.45 bits per heavy atom. The van der Waals surface area contributed by atoms with Crippen molar-refractivity contribution in [1.82, 2.24) is 9.88 Å². The van der Waals surface area contributed by atoms with E-state index in [0.29, 0.717) is 10.6 Å². The standard InChI is InChI=1S/C14H15N3O2S/c1-17(2)9-16-11-8-12(10-6-4-5-7-15-10)20-13(11)14(18)19-3/h4-9H,1-3H3. The largest absolute Gasteiger partial charge is 0.465 e. The van der Waals surface area contributed by atoms with E-state index in [1.54, 1.807) is 17.4 Å². The van der Waals surface area contributed by atoms with Crippen LogP contribution in [0, 0.1) is 0 Å². The number of methoxy groups -OCH3 is 1. The van der Waals surface area contributed by atoms with Gasteiger partial charge in [0.05, 0.1) is 29.7 Å². The first-order valence-electron chi connectivity index (χ1n) is 5.96. The van der Waals surface area contributed by atoms with Gasteiger partial charge in [0.2, 0.25) is 0 Å². The van der Waals surface area contributed by atoms with Gasteiger partial charge in [0.15, 0.2) is 0 Å². The fourth-order valence-electron chi connectivity index (χ4n) is 1.53. The molecule has 0 aliphatic carbocycles. The molecule has 2 heterocycles. The lowest BCUT2D eigenvalue weighted by atomic mass is 10.3. The topological polar surface area (TPSA) is 54.8 Å². The highest BCUT2D eigenvalue weighted by Crippen LogP contribution is 2.35. The lowest BCUT2D eigenvalue weighted by Crippen LogP contribution is -2.07. The van der Waals surface area contributed by atoms with E-state index in [4.69, 9.17) is 4.74 Å². The Morgan fingerprint density at radius 2 is 2.25 bits per heavy atom. The number of hydrogen-bond donors (Lipinski definition) is 0. The smallest absolute Gasteiger partial charge is 0.350 e. The maximum absolute atomic E-state index is 11.8. The summed E-state index contributed by atoms with van der Waals surface area (Å²) in [4.78, 5) is 23.6. The monoisotopic (exact) mass is 289 g/mol. The lowest BCUT2D eigenvalue weighted by Gasteiger charge is -2.02. The number of aromatic nitrogens is 1. The van der Waals surface area contributed by atoms with Crippen molar-refractivity contribution in [2.24, 2.45) is 4.99 Å². The highest BCUT2D eigenvalue weighted by atomic mass is 32.1. The molecule has 0 aliphatic heterocycles. The van der Waals surface area contributed by atoms with Crippen molar-refractivity contribution in [3.05, 3.63) is 35.3 Å². The Labute approximate surface area is 121 Å². The second-order valence-corrected chi connectivity index (χ2v) is 5.29. The summed E-state index contributed by atoms with van der Waals surface area (Å²) in [5, 5.41) is 0. The zero-order chi connectivity index (χ0) is 14.5. The number of pyridine rings is 1. The van der Waals surface area contributed by atoms with Gasteiger partial charge in [0.25, 0.3) is 0 Å². The van der Waals surface area contributed by atoms with Crippen LogP contribution < -0.4 is 0 Å². The molecule has 2 aromatic heterocycles. The first kappa shape index (κ1) is 14.2. The Hall–Kier alpha value is -2.21. The molecular formula is C14H15N3O2S. The summed E-state index contributed by atoms with van der Waals surface area (Å²) in [6.45, 7) is 0. The van der Waals surface area contributed by atoms with Gasteiger partial charge >= 0.3 is 5.97 Å². The Morgan fingerprint density at radius 3 is 2.85 bits per heavy atom. The number of esters is 1. The Balaban J connectivity index is 2.44. The predicted octanol–water partition coefficient (Wildman–Crippen LogP) is 2.82. The molecule has 2 rings (SSSR count). The highest BCUT2D eigenvalue weighted by Gasteiger charge is 2.17. The minimum Gasteiger partial charge on any atom is -0.465 e. The van der Waals surface area contributed by atoms with Gasteiger partial charge in [0.1, 0.15) is 4.88 Å². The van der Waals surface area contributed by atoms with Gasteiger partial charge < -0.3 is 9.64 Å². The zero-order valence-corrected chi connectivity index (χ0v) is 12.3. The normalized spacial score (nSPS) is 10.8. The van der Waals surface area contributed by atoms with E-state index in [9.17, 15) is 4.79 Å². The van der Waals surface area contributed by atoms with Crippen molar-refractivity contribution in [3.8, 4) is 10.6 Å². The van der Waals surface area contributed by atoms with Crippen LogP contribution in [-0.2, 0) is 4.74 Å². The number of rotatable bonds is 4. The minimum atomic E-state index is -0.386. The van der Waals surface area contributed by atoms with Gasteiger partial charge in [-0.05, 0) is 18.2 Å². The fourth-order valence-corrected chi connectivity index (χ4v) is 2.53. The number of nitrogens with zero attached hydrogens (tertiary/aromatic N) is 3. The van der Waals surface area contributed by atoms with E-state index in [1.807, 2.05) is 38.4 Å². The van der Waals surface area contributed by atoms with Crippen LogP contribution in [0.15, 0.2) is 35.5 Å². The summed E-state index contributed by atoms with van der Waals surface area (Å²) in [5.74, 6) is -0.386. The van der Waals surface area contributed by atoms with Crippen molar-refractivity contribution in [3.63, 3.8) is 0 Å². The summed E-state index contributed by atoms with van der Waals surface area (Å²) in [5.41, 5.74) is 1.41. The fraction of sp³-hybridized carbons (Fsp3) is 0.214. The maximum Gasteiger partial charge on any atom is 0.350 e. The van der Waals surface area contributed by atoms with Crippen LogP contribution in [-0.4, -0.2) is 43.4 Å². The van der Waals surface area contributed by atoms with Crippen LogP contribution in [0.25, 0.3) is 10.6 Å². The lowest BCUT2D eigenvalue weighted by molar-refractivity contribution is 0.0607. The molecule has 0 spiro atoms. The number of carbonyl (C=O) groups is 1. The number of carbonyl (C=O) groups excluding carboxylic acids is 1. The second-order valence-electron chi connectivity index (χ2n) is 4.24. The van der Waals surface area contributed by atoms with E-state index >= 15 is 0 Å². The van der Waals surface area contributed by atoms with Crippen LogP contribution in [0.4, 0.5) is 5.69 Å². The number of hydrogen-bond acceptors (Lipinski definition) is 5. The van der Waals surface area contributed by atoms with E-state index in [-0.39, 0.29) is 5.97 Å². The number of ether oxygens (including phenoxy) is 1. The molecule has 20 heavy (non-hydrogen) atoms. The molecule has 0 atom stereocenters. The molecule has 0 amide bonds. The average molecular weight is 289 g/mol. The molecule has 5 nitrogen and oxygen atoms in total. The van der Waals surface area contributed by atoms with Crippen LogP contribution in [0.1, 0.15) is 9.67 Å². The molecule has 0 unspecified atom stereocenters. The van der Waals surface area contributed by atoms with E-state index in [2.05, 4.69) is 9.98 Å². The molecule has 6 heteroatoms. The summed E-state index contributed by atoms with van der Waals surface area (Å²) in [6.07, 6.45) is 3.37. The zero-order valence-electron chi connectivity index (χ0n) is 11.5. The molecule has 0 aliphatic rings. The quantitative estimate of drug-likeness (QED) is 0.493. The van der Waals surface area contributed by atoms with Gasteiger partial charge in [-0.1, -0.05) is 6.07 Å². The van der Waals surface area contributed by atoms with Crippen molar-refractivity contribution in [2.45, 2.75) is 0 Å². The number of thiophene rings is 1. The third kappa shape index (κ3) is 3.21. The second kappa shape index (κ2) is 6.29. The van der Waals surface area contributed by atoms with E-state index in [1.165, 1.54) is 18.4 Å². The van der Waals surface area contributed by atoms with Gasteiger partial charge in [-0.3, -0.25) is 4.98 Å². The predicted molar refractivity (Wildman–Crippen MR) is 80.7 cm³/mol. The minimum absolute atomic E-state index is 0.386. The molecule has 0 N–H and O–H groups in total. The molecule has 0 aromatic carbocycles. The molecule has 104 valence electrons.